The minimum absolute atomic E-state index is 0.0480. The summed E-state index contributed by atoms with van der Waals surface area (Å²) >= 11 is 0. The first-order valence-corrected chi connectivity index (χ1v) is 6.32. The molecule has 1 N–H and O–H groups in total. The maximum atomic E-state index is 12.0. The summed E-state index contributed by atoms with van der Waals surface area (Å²) in [6.07, 6.45) is 4.31. The van der Waals surface area contributed by atoms with Crippen molar-refractivity contribution in [2.75, 3.05) is 44.2 Å². The van der Waals surface area contributed by atoms with Crippen LogP contribution in [-0.4, -0.2) is 58.9 Å². The fourth-order valence-corrected chi connectivity index (χ4v) is 2.25. The molecule has 0 saturated carbocycles. The fraction of sp³-hybridized carbons (Fsp3) is 0.667. The molecule has 0 aromatic carbocycles. The van der Waals surface area contributed by atoms with Gasteiger partial charge in [0.15, 0.2) is 5.82 Å². The summed E-state index contributed by atoms with van der Waals surface area (Å²) < 4.78 is 1.55. The second-order valence-electron chi connectivity index (χ2n) is 4.57. The number of aryl methyl sites for hydroxylation is 1. The van der Waals surface area contributed by atoms with Gasteiger partial charge in [-0.3, -0.25) is 9.69 Å². The molecule has 100 valence electrons. The summed E-state index contributed by atoms with van der Waals surface area (Å²) in [5.41, 5.74) is -0.0480. The Hall–Kier alpha value is -1.40. The Morgan fingerprint density at radius 3 is 2.94 bits per heavy atom. The second kappa shape index (κ2) is 5.97. The zero-order valence-corrected chi connectivity index (χ0v) is 10.7. The molecule has 1 aliphatic heterocycles. The van der Waals surface area contributed by atoms with Crippen molar-refractivity contribution in [1.29, 1.82) is 0 Å². The largest absolute Gasteiger partial charge is 0.395 e. The number of hydrogen-bond donors (Lipinski definition) is 1. The molecule has 6 nitrogen and oxygen atoms in total. The summed E-state index contributed by atoms with van der Waals surface area (Å²) in [7, 11) is 1.74. The molecule has 0 aliphatic carbocycles. The molecule has 0 atom stereocenters. The normalized spacial score (nSPS) is 17.8. The molecule has 18 heavy (non-hydrogen) atoms. The zero-order valence-electron chi connectivity index (χ0n) is 10.7. The number of β-amino-alcohol motifs (C(OH)–C–C–N with tert-alkyl or cyclic N) is 1. The number of rotatable bonds is 3. The first-order valence-electron chi connectivity index (χ1n) is 6.32. The fourth-order valence-electron chi connectivity index (χ4n) is 2.25. The number of hydrogen-bond acceptors (Lipinski definition) is 5. The van der Waals surface area contributed by atoms with Gasteiger partial charge >= 0.3 is 0 Å². The van der Waals surface area contributed by atoms with Crippen molar-refractivity contribution in [3.05, 3.63) is 22.7 Å². The van der Waals surface area contributed by atoms with Crippen LogP contribution in [0.3, 0.4) is 0 Å². The van der Waals surface area contributed by atoms with Crippen LogP contribution in [0.15, 0.2) is 17.2 Å². The van der Waals surface area contributed by atoms with Crippen LogP contribution in [-0.2, 0) is 7.05 Å². The van der Waals surface area contributed by atoms with Gasteiger partial charge in [0.2, 0.25) is 0 Å². The molecule has 0 amide bonds. The predicted octanol–water partition coefficient (Wildman–Crippen LogP) is -0.715. The Balaban J connectivity index is 2.10. The molecule has 0 radical (unpaired) electrons. The number of aliphatic hydroxyl groups excluding tert-OH is 1. The summed E-state index contributed by atoms with van der Waals surface area (Å²) in [4.78, 5) is 20.4. The molecule has 1 aromatic heterocycles. The molecule has 0 unspecified atom stereocenters. The number of aliphatic hydroxyl groups is 1. The molecule has 0 bridgehead atoms. The van der Waals surface area contributed by atoms with E-state index in [4.69, 9.17) is 5.11 Å². The predicted molar refractivity (Wildman–Crippen MR) is 69.8 cm³/mol. The molecule has 1 fully saturated rings. The van der Waals surface area contributed by atoms with Crippen molar-refractivity contribution in [3.8, 4) is 0 Å². The van der Waals surface area contributed by atoms with Gasteiger partial charge in [0.25, 0.3) is 5.56 Å². The lowest BCUT2D eigenvalue weighted by Crippen LogP contribution is -2.36. The number of anilines is 1. The van der Waals surface area contributed by atoms with E-state index in [-0.39, 0.29) is 12.2 Å². The molecule has 2 heterocycles. The standard InChI is InChI=1S/C12H20N4O2/c1-14-6-3-13-11(12(14)18)16-5-2-4-15(7-8-16)9-10-17/h3,6,17H,2,4-5,7-10H2,1H3. The van der Waals surface area contributed by atoms with Gasteiger partial charge in [0.1, 0.15) is 0 Å². The van der Waals surface area contributed by atoms with Crippen molar-refractivity contribution in [3.63, 3.8) is 0 Å². The van der Waals surface area contributed by atoms with Crippen LogP contribution >= 0.6 is 0 Å². The van der Waals surface area contributed by atoms with E-state index >= 15 is 0 Å². The van der Waals surface area contributed by atoms with E-state index in [0.29, 0.717) is 12.4 Å². The maximum Gasteiger partial charge on any atom is 0.293 e. The minimum Gasteiger partial charge on any atom is -0.395 e. The average Bonchev–Trinajstić information content (AvgIpc) is 2.59. The first kappa shape index (κ1) is 13.0. The van der Waals surface area contributed by atoms with Crippen LogP contribution in [0.1, 0.15) is 6.42 Å². The van der Waals surface area contributed by atoms with Crippen LogP contribution in [0.25, 0.3) is 0 Å². The molecule has 6 heteroatoms. The quantitative estimate of drug-likeness (QED) is 0.769. The van der Waals surface area contributed by atoms with E-state index in [0.717, 1.165) is 32.6 Å². The van der Waals surface area contributed by atoms with Gasteiger partial charge in [0.05, 0.1) is 6.61 Å². The lowest BCUT2D eigenvalue weighted by molar-refractivity contribution is 0.204. The van der Waals surface area contributed by atoms with Crippen molar-refractivity contribution in [1.82, 2.24) is 14.5 Å². The van der Waals surface area contributed by atoms with Gasteiger partial charge in [-0.2, -0.15) is 0 Å². The minimum atomic E-state index is -0.0480. The smallest absolute Gasteiger partial charge is 0.293 e. The van der Waals surface area contributed by atoms with E-state index in [1.807, 2.05) is 4.90 Å². The van der Waals surface area contributed by atoms with Gasteiger partial charge in [-0.15, -0.1) is 0 Å². The molecule has 1 aromatic rings. The Labute approximate surface area is 106 Å². The third-order valence-corrected chi connectivity index (χ3v) is 3.30. The highest BCUT2D eigenvalue weighted by Crippen LogP contribution is 2.08. The second-order valence-corrected chi connectivity index (χ2v) is 4.57. The van der Waals surface area contributed by atoms with Gasteiger partial charge in [-0.05, 0) is 13.0 Å². The van der Waals surface area contributed by atoms with Crippen molar-refractivity contribution >= 4 is 5.82 Å². The van der Waals surface area contributed by atoms with E-state index in [1.165, 1.54) is 0 Å². The molecule has 0 spiro atoms. The highest BCUT2D eigenvalue weighted by atomic mass is 16.3. The first-order chi connectivity index (χ1) is 8.72. The number of aromatic nitrogens is 2. The Bertz CT molecular complexity index is 446. The van der Waals surface area contributed by atoms with Crippen molar-refractivity contribution < 1.29 is 5.11 Å². The highest BCUT2D eigenvalue weighted by molar-refractivity contribution is 5.35. The van der Waals surface area contributed by atoms with Gasteiger partial charge in [-0.25, -0.2) is 4.98 Å². The van der Waals surface area contributed by atoms with Crippen molar-refractivity contribution in [2.45, 2.75) is 6.42 Å². The molecular formula is C12H20N4O2. The maximum absolute atomic E-state index is 12.0. The number of nitrogens with zero attached hydrogens (tertiary/aromatic N) is 4. The van der Waals surface area contributed by atoms with Crippen LogP contribution in [0.4, 0.5) is 5.82 Å². The Morgan fingerprint density at radius 1 is 1.33 bits per heavy atom. The van der Waals surface area contributed by atoms with E-state index in [1.54, 1.807) is 24.0 Å². The molecule has 1 aliphatic rings. The van der Waals surface area contributed by atoms with E-state index in [2.05, 4.69) is 9.88 Å². The van der Waals surface area contributed by atoms with Crippen LogP contribution in [0, 0.1) is 0 Å². The SMILES string of the molecule is Cn1ccnc(N2CCCN(CCO)CC2)c1=O. The van der Waals surface area contributed by atoms with Crippen LogP contribution in [0.2, 0.25) is 0 Å². The summed E-state index contributed by atoms with van der Waals surface area (Å²) in [6.45, 7) is 4.34. The topological polar surface area (TPSA) is 61.6 Å². The lowest BCUT2D eigenvalue weighted by atomic mass is 10.4. The summed E-state index contributed by atoms with van der Waals surface area (Å²) in [5.74, 6) is 0.533. The van der Waals surface area contributed by atoms with Crippen molar-refractivity contribution in [2.24, 2.45) is 7.05 Å². The Kier molecular flexibility index (Phi) is 4.33. The van der Waals surface area contributed by atoms with Gasteiger partial charge < -0.3 is 14.6 Å². The zero-order chi connectivity index (χ0) is 13.0. The van der Waals surface area contributed by atoms with E-state index in [9.17, 15) is 4.79 Å². The molecule has 2 rings (SSSR count). The van der Waals surface area contributed by atoms with Crippen LogP contribution in [0.5, 0.6) is 0 Å². The van der Waals surface area contributed by atoms with Crippen LogP contribution < -0.4 is 10.5 Å². The van der Waals surface area contributed by atoms with Gasteiger partial charge in [-0.1, -0.05) is 0 Å². The third-order valence-electron chi connectivity index (χ3n) is 3.30. The van der Waals surface area contributed by atoms with Gasteiger partial charge in [0, 0.05) is 45.6 Å². The average molecular weight is 252 g/mol. The highest BCUT2D eigenvalue weighted by Gasteiger charge is 2.17. The summed E-state index contributed by atoms with van der Waals surface area (Å²) in [5, 5.41) is 8.95. The third kappa shape index (κ3) is 2.88. The summed E-state index contributed by atoms with van der Waals surface area (Å²) in [6, 6.07) is 0. The monoisotopic (exact) mass is 252 g/mol. The lowest BCUT2D eigenvalue weighted by Gasteiger charge is -2.21. The molecular weight excluding hydrogens is 232 g/mol. The van der Waals surface area contributed by atoms with E-state index < -0.39 is 0 Å². The Morgan fingerprint density at radius 2 is 2.17 bits per heavy atom. The molecule has 1 saturated heterocycles.